The lowest BCUT2D eigenvalue weighted by atomic mass is 10.0. The van der Waals surface area contributed by atoms with Gasteiger partial charge < -0.3 is 5.73 Å². The molecule has 0 aliphatic rings. The molecule has 0 amide bonds. The Balaban J connectivity index is 2.44. The molecule has 1 rings (SSSR count). The fourth-order valence-electron chi connectivity index (χ4n) is 1.18. The first-order chi connectivity index (χ1) is 6.09. The molecule has 1 aromatic heterocycles. The van der Waals surface area contributed by atoms with Crippen LogP contribution in [0.2, 0.25) is 0 Å². The van der Waals surface area contributed by atoms with E-state index in [0.29, 0.717) is 0 Å². The Morgan fingerprint density at radius 3 is 2.54 bits per heavy atom. The van der Waals surface area contributed by atoms with Crippen molar-refractivity contribution in [3.8, 4) is 0 Å². The minimum atomic E-state index is 0.221. The molecule has 1 atom stereocenters. The van der Waals surface area contributed by atoms with Gasteiger partial charge in [-0.2, -0.15) is 0 Å². The third-order valence-corrected chi connectivity index (χ3v) is 3.77. The molecular formula is C10H16BrNS. The lowest BCUT2D eigenvalue weighted by Gasteiger charge is -2.10. The van der Waals surface area contributed by atoms with Crippen LogP contribution in [0.1, 0.15) is 37.6 Å². The summed E-state index contributed by atoms with van der Waals surface area (Å²) in [6.45, 7) is 4.47. The normalized spacial score (nSPS) is 13.6. The first kappa shape index (κ1) is 11.2. The van der Waals surface area contributed by atoms with Gasteiger partial charge in [-0.25, -0.2) is 0 Å². The van der Waals surface area contributed by atoms with Gasteiger partial charge in [0.1, 0.15) is 0 Å². The minimum Gasteiger partial charge on any atom is -0.323 e. The third-order valence-electron chi connectivity index (χ3n) is 2.01. The number of nitrogens with two attached hydrogens (primary N) is 1. The third kappa shape index (κ3) is 3.79. The topological polar surface area (TPSA) is 26.0 Å². The van der Waals surface area contributed by atoms with Gasteiger partial charge in [0.25, 0.3) is 0 Å². The Morgan fingerprint density at radius 1 is 1.38 bits per heavy atom. The maximum Gasteiger partial charge on any atom is 0.0701 e. The van der Waals surface area contributed by atoms with E-state index in [1.165, 1.54) is 15.1 Å². The highest BCUT2D eigenvalue weighted by Gasteiger charge is 2.08. The highest BCUT2D eigenvalue weighted by Crippen LogP contribution is 2.28. The van der Waals surface area contributed by atoms with Gasteiger partial charge in [-0.3, -0.25) is 0 Å². The molecule has 3 heteroatoms. The summed E-state index contributed by atoms with van der Waals surface area (Å²) in [5.74, 6) is 0.745. The average molecular weight is 262 g/mol. The molecule has 0 fully saturated rings. The predicted octanol–water partition coefficient (Wildman–Crippen LogP) is 3.95. The van der Waals surface area contributed by atoms with E-state index in [4.69, 9.17) is 5.73 Å². The van der Waals surface area contributed by atoms with Gasteiger partial charge in [0.05, 0.1) is 3.79 Å². The van der Waals surface area contributed by atoms with Crippen LogP contribution in [0.3, 0.4) is 0 Å². The molecule has 74 valence electrons. The number of hydrogen-bond donors (Lipinski definition) is 1. The molecule has 0 unspecified atom stereocenters. The molecule has 1 aromatic rings. The Kier molecular flexibility index (Phi) is 4.42. The van der Waals surface area contributed by atoms with E-state index in [-0.39, 0.29) is 6.04 Å². The van der Waals surface area contributed by atoms with Crippen LogP contribution in [0.25, 0.3) is 0 Å². The second-order valence-electron chi connectivity index (χ2n) is 3.72. The second kappa shape index (κ2) is 5.13. The quantitative estimate of drug-likeness (QED) is 0.873. The van der Waals surface area contributed by atoms with Gasteiger partial charge >= 0.3 is 0 Å². The van der Waals surface area contributed by atoms with E-state index in [1.807, 2.05) is 0 Å². The van der Waals surface area contributed by atoms with Crippen molar-refractivity contribution < 1.29 is 0 Å². The largest absolute Gasteiger partial charge is 0.323 e. The standard InChI is InChI=1S/C10H16BrNS/c1-7(2)3-4-8(12)9-5-6-10(11)13-9/h5-8H,3-4,12H2,1-2H3/t8-/m0/s1. The SMILES string of the molecule is CC(C)CC[C@H](N)c1ccc(Br)s1. The molecule has 1 heterocycles. The molecule has 0 saturated heterocycles. The van der Waals surface area contributed by atoms with Crippen molar-refractivity contribution in [3.05, 3.63) is 20.8 Å². The lowest BCUT2D eigenvalue weighted by molar-refractivity contribution is 0.510. The molecule has 1 nitrogen and oxygen atoms in total. The van der Waals surface area contributed by atoms with Crippen LogP contribution in [0.5, 0.6) is 0 Å². The summed E-state index contributed by atoms with van der Waals surface area (Å²) in [7, 11) is 0. The van der Waals surface area contributed by atoms with Crippen molar-refractivity contribution in [1.29, 1.82) is 0 Å². The number of rotatable bonds is 4. The van der Waals surface area contributed by atoms with Gasteiger partial charge in [0, 0.05) is 10.9 Å². The molecular weight excluding hydrogens is 246 g/mol. The zero-order chi connectivity index (χ0) is 9.84. The Bertz CT molecular complexity index is 257. The summed E-state index contributed by atoms with van der Waals surface area (Å²) in [6, 6.07) is 4.40. The molecule has 0 radical (unpaired) electrons. The summed E-state index contributed by atoms with van der Waals surface area (Å²) in [5.41, 5.74) is 6.05. The van der Waals surface area contributed by atoms with Crippen LogP contribution >= 0.6 is 27.3 Å². The van der Waals surface area contributed by atoms with Gasteiger partial charge in [0.2, 0.25) is 0 Å². The molecule has 2 N–H and O–H groups in total. The number of hydrogen-bond acceptors (Lipinski definition) is 2. The van der Waals surface area contributed by atoms with E-state index >= 15 is 0 Å². The molecule has 0 bridgehead atoms. The highest BCUT2D eigenvalue weighted by molar-refractivity contribution is 9.11. The summed E-state index contributed by atoms with van der Waals surface area (Å²) in [6.07, 6.45) is 2.29. The van der Waals surface area contributed by atoms with E-state index in [9.17, 15) is 0 Å². The van der Waals surface area contributed by atoms with E-state index < -0.39 is 0 Å². The summed E-state index contributed by atoms with van der Waals surface area (Å²) in [5, 5.41) is 0. The molecule has 0 saturated carbocycles. The van der Waals surface area contributed by atoms with Crippen LogP contribution in [0, 0.1) is 5.92 Å². The zero-order valence-corrected chi connectivity index (χ0v) is 10.5. The van der Waals surface area contributed by atoms with Gasteiger partial charge in [-0.1, -0.05) is 13.8 Å². The smallest absolute Gasteiger partial charge is 0.0701 e. The van der Waals surface area contributed by atoms with Crippen LogP contribution < -0.4 is 5.73 Å². The van der Waals surface area contributed by atoms with Crippen LogP contribution in [-0.4, -0.2) is 0 Å². The first-order valence-corrected chi connectivity index (χ1v) is 6.21. The van der Waals surface area contributed by atoms with Gasteiger partial charge in [-0.15, -0.1) is 11.3 Å². The fraction of sp³-hybridized carbons (Fsp3) is 0.600. The molecule has 0 spiro atoms. The summed E-state index contributed by atoms with van der Waals surface area (Å²) >= 11 is 5.18. The number of halogens is 1. The Labute approximate surface area is 92.5 Å². The lowest BCUT2D eigenvalue weighted by Crippen LogP contribution is -2.09. The first-order valence-electron chi connectivity index (χ1n) is 4.60. The second-order valence-corrected chi connectivity index (χ2v) is 6.21. The fourth-order valence-corrected chi connectivity index (χ4v) is 2.64. The van der Waals surface area contributed by atoms with E-state index in [0.717, 1.165) is 12.3 Å². The number of thiophene rings is 1. The predicted molar refractivity (Wildman–Crippen MR) is 63.0 cm³/mol. The monoisotopic (exact) mass is 261 g/mol. The van der Waals surface area contributed by atoms with Crippen LogP contribution in [0.15, 0.2) is 15.9 Å². The molecule has 0 aliphatic carbocycles. The van der Waals surface area contributed by atoms with Gasteiger partial charge in [-0.05, 0) is 46.8 Å². The van der Waals surface area contributed by atoms with Crippen molar-refractivity contribution in [2.45, 2.75) is 32.7 Å². The average Bonchev–Trinajstić information content (AvgIpc) is 2.47. The van der Waals surface area contributed by atoms with Gasteiger partial charge in [0.15, 0.2) is 0 Å². The Morgan fingerprint density at radius 2 is 2.08 bits per heavy atom. The van der Waals surface area contributed by atoms with E-state index in [2.05, 4.69) is 41.9 Å². The maximum absolute atomic E-state index is 6.05. The molecule has 0 aliphatic heterocycles. The summed E-state index contributed by atoms with van der Waals surface area (Å²) in [4.78, 5) is 1.28. The van der Waals surface area contributed by atoms with Crippen molar-refractivity contribution in [3.63, 3.8) is 0 Å². The zero-order valence-electron chi connectivity index (χ0n) is 8.09. The molecule has 13 heavy (non-hydrogen) atoms. The van der Waals surface area contributed by atoms with Crippen molar-refractivity contribution in [2.24, 2.45) is 11.7 Å². The van der Waals surface area contributed by atoms with Crippen LogP contribution in [-0.2, 0) is 0 Å². The molecule has 0 aromatic carbocycles. The highest BCUT2D eigenvalue weighted by atomic mass is 79.9. The Hall–Kier alpha value is 0.140. The maximum atomic E-state index is 6.05. The van der Waals surface area contributed by atoms with Crippen molar-refractivity contribution in [2.75, 3.05) is 0 Å². The van der Waals surface area contributed by atoms with Crippen molar-refractivity contribution in [1.82, 2.24) is 0 Å². The van der Waals surface area contributed by atoms with Crippen molar-refractivity contribution >= 4 is 27.3 Å². The minimum absolute atomic E-state index is 0.221. The van der Waals surface area contributed by atoms with E-state index in [1.54, 1.807) is 11.3 Å². The summed E-state index contributed by atoms with van der Waals surface area (Å²) < 4.78 is 1.17. The van der Waals surface area contributed by atoms with Crippen LogP contribution in [0.4, 0.5) is 0 Å².